The number of nitrogens with zero attached hydrogens (tertiary/aromatic N) is 3. The minimum Gasteiger partial charge on any atom is -0.344 e. The summed E-state index contributed by atoms with van der Waals surface area (Å²) in [5, 5.41) is 8.32. The molecule has 0 aromatic carbocycles. The van der Waals surface area contributed by atoms with Gasteiger partial charge in [0.1, 0.15) is 5.82 Å². The molecular formula is C15H24ClN5. The molecule has 1 atom stereocenters. The lowest BCUT2D eigenvalue weighted by Crippen LogP contribution is -2.19. The van der Waals surface area contributed by atoms with Gasteiger partial charge in [0, 0.05) is 37.3 Å². The third-order valence-corrected chi connectivity index (χ3v) is 4.18. The number of aromatic amines is 1. The molecule has 0 aliphatic heterocycles. The van der Waals surface area contributed by atoms with E-state index < -0.39 is 0 Å². The summed E-state index contributed by atoms with van der Waals surface area (Å²) in [7, 11) is 1.96. The molecule has 2 N–H and O–H groups in total. The van der Waals surface area contributed by atoms with Crippen molar-refractivity contribution in [3.05, 3.63) is 34.1 Å². The molecule has 0 amide bonds. The summed E-state index contributed by atoms with van der Waals surface area (Å²) in [6.07, 6.45) is 5.15. The normalized spacial score (nSPS) is 12.8. The van der Waals surface area contributed by atoms with Crippen LogP contribution >= 0.6 is 11.6 Å². The van der Waals surface area contributed by atoms with Crippen LogP contribution in [0.3, 0.4) is 0 Å². The number of nitrogens with one attached hydrogen (secondary N) is 2. The largest absolute Gasteiger partial charge is 0.344 e. The van der Waals surface area contributed by atoms with Crippen LogP contribution in [0.4, 0.5) is 0 Å². The molecule has 0 saturated carbocycles. The average Bonchev–Trinajstić information content (AvgIpc) is 2.98. The smallest absolute Gasteiger partial charge is 0.151 e. The predicted molar refractivity (Wildman–Crippen MR) is 85.4 cm³/mol. The molecule has 0 spiro atoms. The Kier molecular flexibility index (Phi) is 5.42. The van der Waals surface area contributed by atoms with Crippen LogP contribution in [0.5, 0.6) is 0 Å². The zero-order chi connectivity index (χ0) is 15.4. The first-order valence-electron chi connectivity index (χ1n) is 7.48. The van der Waals surface area contributed by atoms with Crippen LogP contribution in [0, 0.1) is 6.92 Å². The van der Waals surface area contributed by atoms with Gasteiger partial charge in [0.25, 0.3) is 0 Å². The lowest BCUT2D eigenvalue weighted by atomic mass is 10.1. The zero-order valence-corrected chi connectivity index (χ0v) is 14.0. The van der Waals surface area contributed by atoms with E-state index in [1.165, 1.54) is 11.3 Å². The van der Waals surface area contributed by atoms with E-state index in [9.17, 15) is 0 Å². The van der Waals surface area contributed by atoms with Crippen LogP contribution in [0.25, 0.3) is 0 Å². The highest BCUT2D eigenvalue weighted by Gasteiger charge is 2.13. The fourth-order valence-electron chi connectivity index (χ4n) is 2.33. The molecule has 2 rings (SSSR count). The van der Waals surface area contributed by atoms with Gasteiger partial charge >= 0.3 is 0 Å². The molecule has 1 unspecified atom stereocenters. The van der Waals surface area contributed by atoms with Crippen molar-refractivity contribution in [2.45, 2.75) is 52.6 Å². The number of aromatic nitrogens is 4. The monoisotopic (exact) mass is 309 g/mol. The molecule has 0 radical (unpaired) electrons. The lowest BCUT2D eigenvalue weighted by Gasteiger charge is -2.13. The fourth-order valence-corrected chi connectivity index (χ4v) is 2.54. The molecule has 0 fully saturated rings. The van der Waals surface area contributed by atoms with Crippen LogP contribution in [0.1, 0.15) is 55.5 Å². The molecule has 6 heteroatoms. The molecule has 116 valence electrons. The molecular weight excluding hydrogens is 286 g/mol. The first kappa shape index (κ1) is 16.0. The van der Waals surface area contributed by atoms with Crippen molar-refractivity contribution in [2.24, 2.45) is 7.05 Å². The molecule has 0 aliphatic rings. The van der Waals surface area contributed by atoms with Gasteiger partial charge in [-0.15, -0.1) is 0 Å². The van der Waals surface area contributed by atoms with Gasteiger partial charge in [0.05, 0.1) is 11.9 Å². The van der Waals surface area contributed by atoms with Crippen LogP contribution in [-0.2, 0) is 20.0 Å². The predicted octanol–water partition coefficient (Wildman–Crippen LogP) is 3.30. The van der Waals surface area contributed by atoms with Gasteiger partial charge in [-0.1, -0.05) is 24.9 Å². The number of hydrogen-bond acceptors (Lipinski definition) is 3. The van der Waals surface area contributed by atoms with Gasteiger partial charge in [-0.05, 0) is 20.3 Å². The Morgan fingerprint density at radius 2 is 2.24 bits per heavy atom. The molecule has 2 aromatic rings. The van der Waals surface area contributed by atoms with Gasteiger partial charge in [-0.25, -0.2) is 4.98 Å². The van der Waals surface area contributed by atoms with E-state index in [4.69, 9.17) is 11.6 Å². The third-order valence-electron chi connectivity index (χ3n) is 3.87. The lowest BCUT2D eigenvalue weighted by molar-refractivity contribution is 0.564. The van der Waals surface area contributed by atoms with Gasteiger partial charge < -0.3 is 10.3 Å². The van der Waals surface area contributed by atoms with Gasteiger partial charge in [0.15, 0.2) is 5.15 Å². The van der Waals surface area contributed by atoms with Crippen molar-refractivity contribution < 1.29 is 0 Å². The number of aryl methyl sites for hydroxylation is 2. The topological polar surface area (TPSA) is 58.5 Å². The molecule has 0 bridgehead atoms. The summed E-state index contributed by atoms with van der Waals surface area (Å²) in [4.78, 5) is 7.69. The van der Waals surface area contributed by atoms with Crippen molar-refractivity contribution in [1.29, 1.82) is 0 Å². The second-order valence-corrected chi connectivity index (χ2v) is 5.83. The summed E-state index contributed by atoms with van der Waals surface area (Å²) in [5.41, 5.74) is 3.34. The van der Waals surface area contributed by atoms with Crippen LogP contribution in [-0.4, -0.2) is 19.7 Å². The van der Waals surface area contributed by atoms with E-state index >= 15 is 0 Å². The van der Waals surface area contributed by atoms with E-state index in [1.54, 1.807) is 0 Å². The maximum atomic E-state index is 6.19. The second kappa shape index (κ2) is 7.09. The first-order valence-corrected chi connectivity index (χ1v) is 7.85. The Morgan fingerprint density at radius 3 is 2.86 bits per heavy atom. The van der Waals surface area contributed by atoms with Crippen molar-refractivity contribution in [3.63, 3.8) is 0 Å². The summed E-state index contributed by atoms with van der Waals surface area (Å²) in [6.45, 7) is 7.05. The van der Waals surface area contributed by atoms with E-state index in [0.29, 0.717) is 11.7 Å². The number of unbranched alkanes of at least 4 members (excludes halogenated alkanes) is 1. The summed E-state index contributed by atoms with van der Waals surface area (Å²) in [6, 6.07) is 0.220. The van der Waals surface area contributed by atoms with Crippen LogP contribution in [0.15, 0.2) is 6.20 Å². The molecule has 5 nitrogen and oxygen atoms in total. The van der Waals surface area contributed by atoms with Crippen LogP contribution < -0.4 is 5.32 Å². The Hall–Kier alpha value is -1.33. The van der Waals surface area contributed by atoms with Crippen molar-refractivity contribution in [2.75, 3.05) is 0 Å². The summed E-state index contributed by atoms with van der Waals surface area (Å²) in [5.74, 6) is 0.976. The van der Waals surface area contributed by atoms with E-state index in [1.807, 2.05) is 17.9 Å². The number of halogens is 1. The maximum Gasteiger partial charge on any atom is 0.151 e. The molecule has 2 heterocycles. The first-order chi connectivity index (χ1) is 10.0. The Balaban J connectivity index is 1.96. The SMILES string of the molecule is CCCCc1nc(Cl)c(CNC(C)c2cnn(C)c2C)[nH]1. The Bertz CT molecular complexity index is 587. The summed E-state index contributed by atoms with van der Waals surface area (Å²) >= 11 is 6.19. The second-order valence-electron chi connectivity index (χ2n) is 5.47. The third kappa shape index (κ3) is 3.86. The number of rotatable bonds is 7. The van der Waals surface area contributed by atoms with E-state index in [-0.39, 0.29) is 6.04 Å². The van der Waals surface area contributed by atoms with Gasteiger partial charge in [0.2, 0.25) is 0 Å². The highest BCUT2D eigenvalue weighted by Crippen LogP contribution is 2.18. The van der Waals surface area contributed by atoms with Gasteiger partial charge in [-0.2, -0.15) is 5.10 Å². The van der Waals surface area contributed by atoms with Crippen molar-refractivity contribution in [3.8, 4) is 0 Å². The molecule has 21 heavy (non-hydrogen) atoms. The zero-order valence-electron chi connectivity index (χ0n) is 13.2. The molecule has 0 saturated heterocycles. The highest BCUT2D eigenvalue weighted by molar-refractivity contribution is 6.30. The van der Waals surface area contributed by atoms with Crippen molar-refractivity contribution >= 4 is 11.6 Å². The van der Waals surface area contributed by atoms with Crippen LogP contribution in [0.2, 0.25) is 5.15 Å². The number of hydrogen-bond donors (Lipinski definition) is 2. The summed E-state index contributed by atoms with van der Waals surface area (Å²) < 4.78 is 1.89. The minimum atomic E-state index is 0.220. The Labute approximate surface area is 131 Å². The average molecular weight is 310 g/mol. The van der Waals surface area contributed by atoms with E-state index in [0.717, 1.165) is 30.8 Å². The van der Waals surface area contributed by atoms with E-state index in [2.05, 4.69) is 41.2 Å². The molecule has 0 aliphatic carbocycles. The minimum absolute atomic E-state index is 0.220. The standard InChI is InChI=1S/C15H24ClN5/c1-5-6-7-14-19-13(15(16)20-14)9-17-10(2)12-8-18-21(4)11(12)3/h8,10,17H,5-7,9H2,1-4H3,(H,19,20). The number of imidazole rings is 1. The quantitative estimate of drug-likeness (QED) is 0.825. The molecule has 2 aromatic heterocycles. The van der Waals surface area contributed by atoms with Crippen molar-refractivity contribution in [1.82, 2.24) is 25.1 Å². The Morgan fingerprint density at radius 1 is 1.48 bits per heavy atom. The highest BCUT2D eigenvalue weighted by atomic mass is 35.5. The number of H-pyrrole nitrogens is 1. The van der Waals surface area contributed by atoms with Gasteiger partial charge in [-0.3, -0.25) is 4.68 Å². The maximum absolute atomic E-state index is 6.19. The fraction of sp³-hybridized carbons (Fsp3) is 0.600.